The van der Waals surface area contributed by atoms with E-state index in [1.807, 2.05) is 31.2 Å². The maximum absolute atomic E-state index is 12.3. The van der Waals surface area contributed by atoms with Gasteiger partial charge in [-0.2, -0.15) is 5.10 Å². The topological polar surface area (TPSA) is 64.7 Å². The number of para-hydroxylation sites is 2. The smallest absolute Gasteiger partial charge is 0.254 e. The molecule has 2 aromatic heterocycles. The summed E-state index contributed by atoms with van der Waals surface area (Å²) in [5.41, 5.74) is 2.51. The average molecular weight is 325 g/mol. The predicted molar refractivity (Wildman–Crippen MR) is 94.0 cm³/mol. The molecule has 1 N–H and O–H groups in total. The summed E-state index contributed by atoms with van der Waals surface area (Å²) in [5.74, 6) is 0.846. The fourth-order valence-electron chi connectivity index (χ4n) is 2.67. The van der Waals surface area contributed by atoms with E-state index in [2.05, 4.69) is 40.7 Å². The van der Waals surface area contributed by atoms with E-state index in [0.29, 0.717) is 18.7 Å². The standard InChI is InChI=1S/C18H23N5O/c1-13-21-15-7-5-6-8-16(15)22(13)10-9-19-17(24)14-11-20-23(12-14)18(2,3)4/h5-8,11-12H,9-10H2,1-4H3,(H,19,24). The number of fused-ring (bicyclic) bond motifs is 1. The highest BCUT2D eigenvalue weighted by molar-refractivity contribution is 5.93. The molecule has 1 amide bonds. The molecule has 0 aliphatic carbocycles. The van der Waals surface area contributed by atoms with Gasteiger partial charge in [-0.3, -0.25) is 9.48 Å². The van der Waals surface area contributed by atoms with Crippen LogP contribution in [0.5, 0.6) is 0 Å². The average Bonchev–Trinajstić information content (AvgIpc) is 3.12. The number of hydrogen-bond donors (Lipinski definition) is 1. The number of nitrogens with one attached hydrogen (secondary N) is 1. The van der Waals surface area contributed by atoms with Gasteiger partial charge >= 0.3 is 0 Å². The Morgan fingerprint density at radius 3 is 2.71 bits per heavy atom. The van der Waals surface area contributed by atoms with Crippen LogP contribution in [0.3, 0.4) is 0 Å². The second kappa shape index (κ2) is 6.11. The second-order valence-corrected chi connectivity index (χ2v) is 6.90. The summed E-state index contributed by atoms with van der Waals surface area (Å²) < 4.78 is 3.92. The van der Waals surface area contributed by atoms with Gasteiger partial charge in [-0.05, 0) is 39.8 Å². The monoisotopic (exact) mass is 325 g/mol. The molecular formula is C18H23N5O. The van der Waals surface area contributed by atoms with Crippen molar-refractivity contribution in [3.8, 4) is 0 Å². The van der Waals surface area contributed by atoms with Gasteiger partial charge in [0.15, 0.2) is 0 Å². The Kier molecular flexibility index (Phi) is 4.13. The minimum absolute atomic E-state index is 0.104. The van der Waals surface area contributed by atoms with Gasteiger partial charge in [-0.25, -0.2) is 4.98 Å². The molecule has 0 unspecified atom stereocenters. The molecule has 126 valence electrons. The molecule has 3 rings (SSSR count). The Balaban J connectivity index is 1.64. The highest BCUT2D eigenvalue weighted by Crippen LogP contribution is 2.15. The van der Waals surface area contributed by atoms with Gasteiger partial charge in [0.2, 0.25) is 0 Å². The Morgan fingerprint density at radius 2 is 2.00 bits per heavy atom. The first-order valence-corrected chi connectivity index (χ1v) is 8.11. The zero-order valence-electron chi connectivity index (χ0n) is 14.6. The number of carbonyl (C=O) groups is 1. The van der Waals surface area contributed by atoms with E-state index >= 15 is 0 Å². The lowest BCUT2D eigenvalue weighted by Gasteiger charge is -2.18. The molecule has 0 radical (unpaired) electrons. The molecule has 0 aliphatic rings. The molecule has 0 saturated carbocycles. The fourth-order valence-corrected chi connectivity index (χ4v) is 2.67. The molecule has 0 saturated heterocycles. The van der Waals surface area contributed by atoms with E-state index in [1.54, 1.807) is 17.1 Å². The fraction of sp³-hybridized carbons (Fsp3) is 0.389. The lowest BCUT2D eigenvalue weighted by atomic mass is 10.1. The quantitative estimate of drug-likeness (QED) is 0.802. The number of aromatic nitrogens is 4. The van der Waals surface area contributed by atoms with Crippen LogP contribution in [-0.2, 0) is 12.1 Å². The van der Waals surface area contributed by atoms with Gasteiger partial charge in [0.25, 0.3) is 5.91 Å². The van der Waals surface area contributed by atoms with Crippen molar-refractivity contribution in [2.45, 2.75) is 39.8 Å². The van der Waals surface area contributed by atoms with Crippen LogP contribution in [0, 0.1) is 6.92 Å². The zero-order chi connectivity index (χ0) is 17.3. The number of imidazole rings is 1. The maximum atomic E-state index is 12.3. The Hall–Kier alpha value is -2.63. The molecule has 24 heavy (non-hydrogen) atoms. The molecule has 6 nitrogen and oxygen atoms in total. The molecule has 0 spiro atoms. The zero-order valence-corrected chi connectivity index (χ0v) is 14.6. The van der Waals surface area contributed by atoms with E-state index in [1.165, 1.54) is 0 Å². The number of rotatable bonds is 4. The first-order chi connectivity index (χ1) is 11.4. The minimum Gasteiger partial charge on any atom is -0.350 e. The van der Waals surface area contributed by atoms with Crippen LogP contribution >= 0.6 is 0 Å². The normalized spacial score (nSPS) is 11.8. The summed E-state index contributed by atoms with van der Waals surface area (Å²) in [4.78, 5) is 16.8. The summed E-state index contributed by atoms with van der Waals surface area (Å²) in [6.07, 6.45) is 3.39. The van der Waals surface area contributed by atoms with Gasteiger partial charge in [-0.1, -0.05) is 12.1 Å². The van der Waals surface area contributed by atoms with Gasteiger partial charge in [0, 0.05) is 19.3 Å². The molecule has 6 heteroatoms. The van der Waals surface area contributed by atoms with E-state index in [0.717, 1.165) is 16.9 Å². The van der Waals surface area contributed by atoms with Crippen molar-refractivity contribution >= 4 is 16.9 Å². The molecule has 0 bridgehead atoms. The molecule has 3 aromatic rings. The third-order valence-electron chi connectivity index (χ3n) is 4.00. The van der Waals surface area contributed by atoms with Crippen LogP contribution in [-0.4, -0.2) is 31.8 Å². The molecule has 0 fully saturated rings. The predicted octanol–water partition coefficient (Wildman–Crippen LogP) is 2.73. The SMILES string of the molecule is Cc1nc2ccccc2n1CCNC(=O)c1cnn(C(C)(C)C)c1. The lowest BCUT2D eigenvalue weighted by molar-refractivity contribution is 0.0952. The van der Waals surface area contributed by atoms with Crippen LogP contribution in [0.2, 0.25) is 0 Å². The number of carbonyl (C=O) groups excluding carboxylic acids is 1. The van der Waals surface area contributed by atoms with Crippen molar-refractivity contribution in [2.75, 3.05) is 6.54 Å². The van der Waals surface area contributed by atoms with Crippen molar-refractivity contribution < 1.29 is 4.79 Å². The first-order valence-electron chi connectivity index (χ1n) is 8.11. The highest BCUT2D eigenvalue weighted by Gasteiger charge is 2.16. The van der Waals surface area contributed by atoms with Crippen LogP contribution < -0.4 is 5.32 Å². The van der Waals surface area contributed by atoms with Gasteiger partial charge in [0.05, 0.1) is 28.3 Å². The molecule has 1 aromatic carbocycles. The minimum atomic E-state index is -0.134. The third-order valence-corrected chi connectivity index (χ3v) is 4.00. The number of aryl methyl sites for hydroxylation is 1. The van der Waals surface area contributed by atoms with E-state index < -0.39 is 0 Å². The molecule has 0 atom stereocenters. The molecule has 2 heterocycles. The lowest BCUT2D eigenvalue weighted by Crippen LogP contribution is -2.27. The van der Waals surface area contributed by atoms with Crippen LogP contribution in [0.1, 0.15) is 37.0 Å². The number of hydrogen-bond acceptors (Lipinski definition) is 3. The summed E-state index contributed by atoms with van der Waals surface area (Å²) in [6, 6.07) is 8.02. The number of amides is 1. The number of nitrogens with zero attached hydrogens (tertiary/aromatic N) is 4. The van der Waals surface area contributed by atoms with Crippen LogP contribution in [0.25, 0.3) is 11.0 Å². The third kappa shape index (κ3) is 3.18. The number of benzene rings is 1. The first kappa shape index (κ1) is 16.2. The van der Waals surface area contributed by atoms with Gasteiger partial charge in [-0.15, -0.1) is 0 Å². The molecular weight excluding hydrogens is 302 g/mol. The second-order valence-electron chi connectivity index (χ2n) is 6.90. The van der Waals surface area contributed by atoms with E-state index in [4.69, 9.17) is 0 Å². The largest absolute Gasteiger partial charge is 0.350 e. The summed E-state index contributed by atoms with van der Waals surface area (Å²) in [5, 5.41) is 7.22. The van der Waals surface area contributed by atoms with Gasteiger partial charge in [0.1, 0.15) is 5.82 Å². The van der Waals surface area contributed by atoms with Crippen molar-refractivity contribution in [2.24, 2.45) is 0 Å². The van der Waals surface area contributed by atoms with E-state index in [9.17, 15) is 4.79 Å². The van der Waals surface area contributed by atoms with Crippen LogP contribution in [0.15, 0.2) is 36.7 Å². The Bertz CT molecular complexity index is 869. The van der Waals surface area contributed by atoms with Crippen LogP contribution in [0.4, 0.5) is 0 Å². The Morgan fingerprint density at radius 1 is 1.25 bits per heavy atom. The summed E-state index contributed by atoms with van der Waals surface area (Å²) in [7, 11) is 0. The van der Waals surface area contributed by atoms with Crippen molar-refractivity contribution in [3.05, 3.63) is 48.0 Å². The van der Waals surface area contributed by atoms with Crippen molar-refractivity contribution in [3.63, 3.8) is 0 Å². The van der Waals surface area contributed by atoms with Gasteiger partial charge < -0.3 is 9.88 Å². The van der Waals surface area contributed by atoms with Crippen molar-refractivity contribution in [1.82, 2.24) is 24.6 Å². The summed E-state index contributed by atoms with van der Waals surface area (Å²) >= 11 is 0. The molecule has 0 aliphatic heterocycles. The maximum Gasteiger partial charge on any atom is 0.254 e. The summed E-state index contributed by atoms with van der Waals surface area (Å²) in [6.45, 7) is 9.36. The van der Waals surface area contributed by atoms with Crippen molar-refractivity contribution in [1.29, 1.82) is 0 Å². The Labute approximate surface area is 141 Å². The van der Waals surface area contributed by atoms with E-state index in [-0.39, 0.29) is 11.4 Å². The highest BCUT2D eigenvalue weighted by atomic mass is 16.1.